The lowest BCUT2D eigenvalue weighted by Crippen LogP contribution is -2.33. The molecule has 0 spiro atoms. The fourth-order valence-corrected chi connectivity index (χ4v) is 5.33. The van der Waals surface area contributed by atoms with Gasteiger partial charge in [-0.25, -0.2) is 0 Å². The van der Waals surface area contributed by atoms with Gasteiger partial charge in [0.25, 0.3) is 11.6 Å². The summed E-state index contributed by atoms with van der Waals surface area (Å²) in [6.07, 6.45) is 4.83. The van der Waals surface area contributed by atoms with E-state index in [1.165, 1.54) is 48.7 Å². The second-order valence-corrected chi connectivity index (χ2v) is 10.6. The van der Waals surface area contributed by atoms with Gasteiger partial charge in [-0.15, -0.1) is 0 Å². The molecule has 13 heteroatoms. The van der Waals surface area contributed by atoms with Crippen molar-refractivity contribution in [2.24, 2.45) is 5.92 Å². The highest BCUT2D eigenvalue weighted by molar-refractivity contribution is 7.11. The van der Waals surface area contributed by atoms with E-state index < -0.39 is 16.5 Å². The van der Waals surface area contributed by atoms with E-state index in [-0.39, 0.29) is 40.5 Å². The molecular weight excluding hydrogens is 534 g/mol. The number of rotatable bonds is 9. The Morgan fingerprint density at radius 3 is 2.67 bits per heavy atom. The number of amidine groups is 1. The van der Waals surface area contributed by atoms with Crippen LogP contribution in [-0.4, -0.2) is 42.7 Å². The smallest absolute Gasteiger partial charge is 0.284 e. The average Bonchev–Trinajstić information content (AvgIpc) is 3.48. The first-order valence-corrected chi connectivity index (χ1v) is 13.4. The van der Waals surface area contributed by atoms with Gasteiger partial charge in [-0.2, -0.15) is 4.37 Å². The SMILES string of the molecule is CC(=O)Nc1ccc2ccn(C(=O)c3ccc(Nc4snc(O)c4C(=N)NC(C)CC4CC4)cc3[N+](=O)[O-])c2c1. The number of aromatic hydroxyl groups is 1. The topological polar surface area (TPSA) is 175 Å². The minimum Gasteiger partial charge on any atom is -0.492 e. The molecular formula is C27H27N7O5S. The molecule has 1 fully saturated rings. The van der Waals surface area contributed by atoms with E-state index in [4.69, 9.17) is 5.41 Å². The van der Waals surface area contributed by atoms with Crippen molar-refractivity contribution in [1.29, 1.82) is 5.41 Å². The minimum absolute atomic E-state index is 0.00122. The van der Waals surface area contributed by atoms with Gasteiger partial charge < -0.3 is 21.1 Å². The molecule has 0 bridgehead atoms. The number of nitrogens with one attached hydrogen (secondary N) is 4. The summed E-state index contributed by atoms with van der Waals surface area (Å²) in [7, 11) is 0. The maximum absolute atomic E-state index is 13.5. The van der Waals surface area contributed by atoms with Crippen LogP contribution in [-0.2, 0) is 4.79 Å². The Hall–Kier alpha value is -4.78. The number of amides is 1. The summed E-state index contributed by atoms with van der Waals surface area (Å²) in [6.45, 7) is 3.35. The number of nitro groups is 1. The van der Waals surface area contributed by atoms with Crippen molar-refractivity contribution in [2.45, 2.75) is 39.2 Å². The summed E-state index contributed by atoms with van der Waals surface area (Å²) >= 11 is 0.920. The van der Waals surface area contributed by atoms with Crippen molar-refractivity contribution in [1.82, 2.24) is 14.3 Å². The highest BCUT2D eigenvalue weighted by Crippen LogP contribution is 2.36. The maximum atomic E-state index is 13.5. The Kier molecular flexibility index (Phi) is 7.22. The zero-order valence-electron chi connectivity index (χ0n) is 21.7. The standard InChI is InChI=1S/C27H27N7O5S/c1-14(11-16-3-4-16)29-24(28)23-25(36)32-40-26(23)31-19-7-8-20(22(13-19)34(38)39)27(37)33-10-9-17-5-6-18(12-21(17)33)30-15(2)35/h5-10,12-14,16,31H,3-4,11H2,1-2H3,(H2,28,29)(H,30,35)(H,32,36). The van der Waals surface area contributed by atoms with Crippen LogP contribution in [0, 0.1) is 21.4 Å². The van der Waals surface area contributed by atoms with Crippen LogP contribution in [0.25, 0.3) is 10.9 Å². The predicted molar refractivity (Wildman–Crippen MR) is 153 cm³/mol. The van der Waals surface area contributed by atoms with Crippen molar-refractivity contribution < 1.29 is 19.6 Å². The molecule has 2 aromatic carbocycles. The van der Waals surface area contributed by atoms with Gasteiger partial charge in [-0.3, -0.25) is 29.7 Å². The first kappa shape index (κ1) is 26.8. The number of nitro benzene ring substituents is 1. The van der Waals surface area contributed by atoms with E-state index in [1.54, 1.807) is 24.3 Å². The minimum atomic E-state index is -0.638. The largest absolute Gasteiger partial charge is 0.492 e. The lowest BCUT2D eigenvalue weighted by Gasteiger charge is -2.16. The molecule has 1 atom stereocenters. The van der Waals surface area contributed by atoms with Crippen LogP contribution in [0.4, 0.5) is 22.1 Å². The second-order valence-electron chi connectivity index (χ2n) is 9.87. The van der Waals surface area contributed by atoms with Gasteiger partial charge in [-0.05, 0) is 61.1 Å². The summed E-state index contributed by atoms with van der Waals surface area (Å²) in [5.41, 5.74) is 0.887. The summed E-state index contributed by atoms with van der Waals surface area (Å²) in [5, 5.41) is 40.6. The molecule has 5 rings (SSSR count). The number of anilines is 3. The molecule has 12 nitrogen and oxygen atoms in total. The molecule has 4 aromatic rings. The Bertz CT molecular complexity index is 1660. The van der Waals surface area contributed by atoms with Gasteiger partial charge in [0.05, 0.1) is 10.4 Å². The molecule has 0 aliphatic heterocycles. The normalized spacial score (nSPS) is 13.6. The van der Waals surface area contributed by atoms with Gasteiger partial charge in [0.1, 0.15) is 22.0 Å². The fourth-order valence-electron chi connectivity index (χ4n) is 4.61. The average molecular weight is 562 g/mol. The Morgan fingerprint density at radius 1 is 1.23 bits per heavy atom. The lowest BCUT2D eigenvalue weighted by molar-refractivity contribution is -0.385. The van der Waals surface area contributed by atoms with Gasteiger partial charge in [0, 0.05) is 42.0 Å². The molecule has 1 aliphatic carbocycles. The number of nitrogens with zero attached hydrogens (tertiary/aromatic N) is 3. The third-order valence-corrected chi connectivity index (χ3v) is 7.37. The van der Waals surface area contributed by atoms with E-state index >= 15 is 0 Å². The van der Waals surface area contributed by atoms with E-state index in [2.05, 4.69) is 20.3 Å². The second kappa shape index (κ2) is 10.8. The van der Waals surface area contributed by atoms with Crippen molar-refractivity contribution in [3.8, 4) is 5.88 Å². The zero-order valence-corrected chi connectivity index (χ0v) is 22.5. The van der Waals surface area contributed by atoms with Crippen molar-refractivity contribution in [3.63, 3.8) is 0 Å². The van der Waals surface area contributed by atoms with E-state index in [1.807, 2.05) is 6.92 Å². The van der Waals surface area contributed by atoms with E-state index in [9.17, 15) is 24.8 Å². The summed E-state index contributed by atoms with van der Waals surface area (Å²) in [6, 6.07) is 10.9. The van der Waals surface area contributed by atoms with Gasteiger partial charge in [0.15, 0.2) is 0 Å². The monoisotopic (exact) mass is 561 g/mol. The molecule has 1 amide bonds. The van der Waals surface area contributed by atoms with E-state index in [0.29, 0.717) is 22.1 Å². The molecule has 1 unspecified atom stereocenters. The highest BCUT2D eigenvalue weighted by atomic mass is 32.1. The molecule has 2 heterocycles. The highest BCUT2D eigenvalue weighted by Gasteiger charge is 2.27. The van der Waals surface area contributed by atoms with Crippen LogP contribution < -0.4 is 16.0 Å². The summed E-state index contributed by atoms with van der Waals surface area (Å²) in [5.74, 6) is -0.532. The fraction of sp³-hybridized carbons (Fsp3) is 0.259. The van der Waals surface area contributed by atoms with Crippen molar-refractivity contribution >= 4 is 62.1 Å². The zero-order chi connectivity index (χ0) is 28.6. The third-order valence-electron chi connectivity index (χ3n) is 6.61. The van der Waals surface area contributed by atoms with Crippen LogP contribution in [0.1, 0.15) is 49.0 Å². The lowest BCUT2D eigenvalue weighted by atomic mass is 10.1. The molecule has 1 saturated carbocycles. The number of hydrogen-bond donors (Lipinski definition) is 5. The number of benzene rings is 2. The van der Waals surface area contributed by atoms with E-state index in [0.717, 1.165) is 23.3 Å². The first-order valence-electron chi connectivity index (χ1n) is 12.6. The molecule has 206 valence electrons. The molecule has 2 aromatic heterocycles. The number of hydrogen-bond acceptors (Lipinski definition) is 9. The van der Waals surface area contributed by atoms with Crippen LogP contribution in [0.3, 0.4) is 0 Å². The number of carbonyl (C=O) groups is 2. The van der Waals surface area contributed by atoms with Crippen LogP contribution in [0.15, 0.2) is 48.7 Å². The number of fused-ring (bicyclic) bond motifs is 1. The Labute approximate surface area is 232 Å². The quantitative estimate of drug-likeness (QED) is 0.0801. The van der Waals surface area contributed by atoms with Crippen molar-refractivity contribution in [2.75, 3.05) is 10.6 Å². The first-order chi connectivity index (χ1) is 19.1. The van der Waals surface area contributed by atoms with Crippen LogP contribution >= 0.6 is 11.5 Å². The molecule has 1 aliphatic rings. The van der Waals surface area contributed by atoms with Gasteiger partial charge in [0.2, 0.25) is 11.8 Å². The number of aromatic nitrogens is 2. The molecule has 0 radical (unpaired) electrons. The third kappa shape index (κ3) is 5.64. The molecule has 5 N–H and O–H groups in total. The summed E-state index contributed by atoms with van der Waals surface area (Å²) in [4.78, 5) is 36.3. The Morgan fingerprint density at radius 2 is 1.98 bits per heavy atom. The number of carbonyl (C=O) groups excluding carboxylic acids is 2. The van der Waals surface area contributed by atoms with Crippen LogP contribution in [0.5, 0.6) is 5.88 Å². The van der Waals surface area contributed by atoms with Crippen LogP contribution in [0.2, 0.25) is 0 Å². The van der Waals surface area contributed by atoms with Crippen molar-refractivity contribution in [3.05, 3.63) is 69.9 Å². The summed E-state index contributed by atoms with van der Waals surface area (Å²) < 4.78 is 5.24. The predicted octanol–water partition coefficient (Wildman–Crippen LogP) is 5.21. The van der Waals surface area contributed by atoms with Gasteiger partial charge in [-0.1, -0.05) is 18.9 Å². The molecule has 40 heavy (non-hydrogen) atoms. The maximum Gasteiger partial charge on any atom is 0.284 e. The Balaban J connectivity index is 1.41. The van der Waals surface area contributed by atoms with Gasteiger partial charge >= 0.3 is 0 Å². The molecule has 0 saturated heterocycles.